The van der Waals surface area contributed by atoms with Gasteiger partial charge in [-0.25, -0.2) is 4.98 Å². The van der Waals surface area contributed by atoms with Gasteiger partial charge in [0.05, 0.1) is 12.5 Å². The monoisotopic (exact) mass is 349 g/mol. The molecule has 5 nitrogen and oxygen atoms in total. The maximum Gasteiger partial charge on any atom is 0.260 e. The van der Waals surface area contributed by atoms with Crippen molar-refractivity contribution in [2.75, 3.05) is 7.11 Å². The van der Waals surface area contributed by atoms with Crippen LogP contribution >= 0.6 is 11.3 Å². The summed E-state index contributed by atoms with van der Waals surface area (Å²) in [6.07, 6.45) is 3.37. The number of benzene rings is 1. The summed E-state index contributed by atoms with van der Waals surface area (Å²) >= 11 is 1.45. The van der Waals surface area contributed by atoms with Crippen LogP contribution in [-0.2, 0) is 0 Å². The van der Waals surface area contributed by atoms with Crippen molar-refractivity contribution in [1.82, 2.24) is 15.0 Å². The molecule has 1 aromatic carbocycles. The van der Waals surface area contributed by atoms with E-state index in [0.29, 0.717) is 16.0 Å². The van der Waals surface area contributed by atoms with Crippen molar-refractivity contribution >= 4 is 21.6 Å². The van der Waals surface area contributed by atoms with Crippen molar-refractivity contribution in [3.63, 3.8) is 0 Å². The summed E-state index contributed by atoms with van der Waals surface area (Å²) in [5.41, 5.74) is 3.46. The predicted molar refractivity (Wildman–Crippen MR) is 100 cm³/mol. The molecule has 0 aliphatic carbocycles. The molecule has 0 aliphatic rings. The van der Waals surface area contributed by atoms with Crippen LogP contribution in [0.4, 0.5) is 0 Å². The van der Waals surface area contributed by atoms with E-state index in [-0.39, 0.29) is 5.56 Å². The molecular formula is C19H15N3O2S. The van der Waals surface area contributed by atoms with Gasteiger partial charge in [0.15, 0.2) is 0 Å². The highest BCUT2D eigenvalue weighted by atomic mass is 32.1. The van der Waals surface area contributed by atoms with Crippen molar-refractivity contribution < 1.29 is 4.74 Å². The number of thiophene rings is 1. The number of hydrogen-bond donors (Lipinski definition) is 1. The van der Waals surface area contributed by atoms with Crippen LogP contribution in [0, 0.1) is 6.92 Å². The van der Waals surface area contributed by atoms with Crippen molar-refractivity contribution in [2.24, 2.45) is 0 Å². The van der Waals surface area contributed by atoms with Crippen LogP contribution in [0.25, 0.3) is 32.7 Å². The zero-order chi connectivity index (χ0) is 17.4. The SMILES string of the molecule is COc1ccc(C)cc1-c1csc2nc(-c3cccnc3)[nH]c(=O)c12. The van der Waals surface area contributed by atoms with E-state index in [0.717, 1.165) is 28.0 Å². The molecule has 6 heteroatoms. The summed E-state index contributed by atoms with van der Waals surface area (Å²) in [5.74, 6) is 1.26. The molecule has 0 spiro atoms. The van der Waals surface area contributed by atoms with E-state index in [1.807, 2.05) is 42.6 Å². The molecule has 0 amide bonds. The number of aromatic amines is 1. The van der Waals surface area contributed by atoms with E-state index in [2.05, 4.69) is 15.0 Å². The molecule has 0 bridgehead atoms. The van der Waals surface area contributed by atoms with E-state index in [1.165, 1.54) is 11.3 Å². The number of aryl methyl sites for hydroxylation is 1. The number of rotatable bonds is 3. The average Bonchev–Trinajstić information content (AvgIpc) is 3.07. The molecule has 1 N–H and O–H groups in total. The molecule has 25 heavy (non-hydrogen) atoms. The molecule has 0 atom stereocenters. The van der Waals surface area contributed by atoms with Crippen LogP contribution in [0.15, 0.2) is 52.9 Å². The van der Waals surface area contributed by atoms with Gasteiger partial charge >= 0.3 is 0 Å². The second kappa shape index (κ2) is 6.14. The molecule has 3 aromatic heterocycles. The molecule has 124 valence electrons. The second-order valence-corrected chi connectivity index (χ2v) is 6.55. The van der Waals surface area contributed by atoms with Gasteiger partial charge in [-0.05, 0) is 31.2 Å². The number of H-pyrrole nitrogens is 1. The lowest BCUT2D eigenvalue weighted by atomic mass is 10.0. The highest BCUT2D eigenvalue weighted by Crippen LogP contribution is 2.37. The van der Waals surface area contributed by atoms with Gasteiger partial charge in [0.1, 0.15) is 16.4 Å². The standard InChI is InChI=1S/C19H15N3O2S/c1-11-5-6-15(24-2)13(8-11)14-10-25-19-16(14)18(23)21-17(22-19)12-4-3-7-20-9-12/h3-10H,1-2H3,(H,21,22,23). The molecule has 0 saturated carbocycles. The quantitative estimate of drug-likeness (QED) is 0.606. The molecule has 0 aliphatic heterocycles. The van der Waals surface area contributed by atoms with Gasteiger partial charge in [-0.15, -0.1) is 11.3 Å². The number of aromatic nitrogens is 3. The van der Waals surface area contributed by atoms with E-state index in [1.54, 1.807) is 19.5 Å². The third-order valence-electron chi connectivity index (χ3n) is 4.02. The largest absolute Gasteiger partial charge is 0.496 e. The first-order valence-electron chi connectivity index (χ1n) is 7.74. The number of nitrogens with one attached hydrogen (secondary N) is 1. The van der Waals surface area contributed by atoms with Crippen LogP contribution in [0.2, 0.25) is 0 Å². The Morgan fingerprint density at radius 2 is 2.08 bits per heavy atom. The minimum absolute atomic E-state index is 0.163. The summed E-state index contributed by atoms with van der Waals surface area (Å²) in [5, 5.41) is 2.54. The summed E-state index contributed by atoms with van der Waals surface area (Å²) in [7, 11) is 1.63. The fourth-order valence-corrected chi connectivity index (χ4v) is 3.76. The number of fused-ring (bicyclic) bond motifs is 1. The summed E-state index contributed by atoms with van der Waals surface area (Å²) in [6, 6.07) is 9.61. The fraction of sp³-hybridized carbons (Fsp3) is 0.105. The topological polar surface area (TPSA) is 67.9 Å². The van der Waals surface area contributed by atoms with Crippen molar-refractivity contribution in [2.45, 2.75) is 6.92 Å². The minimum Gasteiger partial charge on any atom is -0.496 e. The fourth-order valence-electron chi connectivity index (χ4n) is 2.82. The van der Waals surface area contributed by atoms with Gasteiger partial charge in [0.25, 0.3) is 5.56 Å². The van der Waals surface area contributed by atoms with Crippen molar-refractivity contribution in [1.29, 1.82) is 0 Å². The van der Waals surface area contributed by atoms with Crippen LogP contribution < -0.4 is 10.3 Å². The first kappa shape index (κ1) is 15.5. The number of methoxy groups -OCH3 is 1. The molecular weight excluding hydrogens is 334 g/mol. The Hall–Kier alpha value is -2.99. The molecule has 0 saturated heterocycles. The van der Waals surface area contributed by atoms with E-state index < -0.39 is 0 Å². The molecule has 4 aromatic rings. The number of hydrogen-bond acceptors (Lipinski definition) is 5. The first-order valence-corrected chi connectivity index (χ1v) is 8.62. The highest BCUT2D eigenvalue weighted by molar-refractivity contribution is 7.17. The van der Waals surface area contributed by atoms with Crippen LogP contribution in [0.5, 0.6) is 5.75 Å². The average molecular weight is 349 g/mol. The zero-order valence-corrected chi connectivity index (χ0v) is 14.6. The van der Waals surface area contributed by atoms with Gasteiger partial charge in [-0.1, -0.05) is 11.6 Å². The van der Waals surface area contributed by atoms with E-state index in [9.17, 15) is 4.79 Å². The lowest BCUT2D eigenvalue weighted by molar-refractivity contribution is 0.416. The van der Waals surface area contributed by atoms with Crippen LogP contribution in [-0.4, -0.2) is 22.1 Å². The summed E-state index contributed by atoms with van der Waals surface area (Å²) in [6.45, 7) is 2.01. The van der Waals surface area contributed by atoms with Gasteiger partial charge in [0.2, 0.25) is 0 Å². The molecule has 0 fully saturated rings. The Balaban J connectivity index is 1.95. The molecule has 4 rings (SSSR count). The Kier molecular flexibility index (Phi) is 3.82. The maximum absolute atomic E-state index is 12.8. The molecule has 0 radical (unpaired) electrons. The van der Waals surface area contributed by atoms with Gasteiger partial charge in [-0.3, -0.25) is 9.78 Å². The highest BCUT2D eigenvalue weighted by Gasteiger charge is 2.16. The Morgan fingerprint density at radius 1 is 1.20 bits per heavy atom. The minimum atomic E-state index is -0.163. The smallest absolute Gasteiger partial charge is 0.260 e. The van der Waals surface area contributed by atoms with Gasteiger partial charge < -0.3 is 9.72 Å². The third-order valence-corrected chi connectivity index (χ3v) is 4.90. The first-order chi connectivity index (χ1) is 12.2. The predicted octanol–water partition coefficient (Wildman–Crippen LogP) is 4.03. The Labute approximate surface area is 148 Å². The Morgan fingerprint density at radius 3 is 2.84 bits per heavy atom. The Bertz CT molecular complexity index is 1120. The van der Waals surface area contributed by atoms with Crippen molar-refractivity contribution in [3.05, 3.63) is 64.0 Å². The van der Waals surface area contributed by atoms with Crippen LogP contribution in [0.3, 0.4) is 0 Å². The maximum atomic E-state index is 12.8. The lowest BCUT2D eigenvalue weighted by Gasteiger charge is -2.08. The molecule has 3 heterocycles. The number of nitrogens with zero attached hydrogens (tertiary/aromatic N) is 2. The molecule has 0 unspecified atom stereocenters. The van der Waals surface area contributed by atoms with E-state index in [4.69, 9.17) is 4.74 Å². The summed E-state index contributed by atoms with van der Waals surface area (Å²) in [4.78, 5) is 25.0. The van der Waals surface area contributed by atoms with Gasteiger partial charge in [-0.2, -0.15) is 0 Å². The third kappa shape index (κ3) is 2.70. The van der Waals surface area contributed by atoms with Crippen molar-refractivity contribution in [3.8, 4) is 28.3 Å². The second-order valence-electron chi connectivity index (χ2n) is 5.69. The summed E-state index contributed by atoms with van der Waals surface area (Å²) < 4.78 is 5.47. The zero-order valence-electron chi connectivity index (χ0n) is 13.7. The van der Waals surface area contributed by atoms with Gasteiger partial charge in [0, 0.05) is 34.5 Å². The number of pyridine rings is 1. The normalized spacial score (nSPS) is 11.0. The number of ether oxygens (including phenoxy) is 1. The lowest BCUT2D eigenvalue weighted by Crippen LogP contribution is -2.09. The van der Waals surface area contributed by atoms with E-state index >= 15 is 0 Å². The van der Waals surface area contributed by atoms with Crippen LogP contribution in [0.1, 0.15) is 5.56 Å².